The fraction of sp³-hybridized carbons (Fsp3) is 0.474. The molecule has 140 valence electrons. The van der Waals surface area contributed by atoms with Crippen LogP contribution in [0.3, 0.4) is 0 Å². The minimum Gasteiger partial charge on any atom is -0.366 e. The number of Topliss-reactive ketones (excluding diaryl/α,β-unsaturated/α-hetero) is 1. The molecule has 1 aliphatic rings. The quantitative estimate of drug-likeness (QED) is 0.829. The van der Waals surface area contributed by atoms with E-state index in [-0.39, 0.29) is 22.2 Å². The maximum absolute atomic E-state index is 15.2. The molecule has 1 N–H and O–H groups in total. The number of carbonyl (C=O) groups excluding carboxylic acids is 1. The molecule has 1 atom stereocenters. The maximum atomic E-state index is 15.2. The van der Waals surface area contributed by atoms with Gasteiger partial charge in [-0.15, -0.1) is 0 Å². The second-order valence-corrected chi connectivity index (χ2v) is 6.86. The van der Waals surface area contributed by atoms with Gasteiger partial charge in [0, 0.05) is 26.3 Å². The van der Waals surface area contributed by atoms with Crippen molar-refractivity contribution in [3.8, 4) is 0 Å². The van der Waals surface area contributed by atoms with E-state index in [0.29, 0.717) is 19.0 Å². The number of hydrogen-bond donors (Lipinski definition) is 1. The van der Waals surface area contributed by atoms with Crippen LogP contribution in [0.5, 0.6) is 0 Å². The number of nitrogens with zero attached hydrogens (tertiary/aromatic N) is 2. The SMILES string of the molecule is CCNCC1CCN(c2c(F)cc3c(=O)c(C(C)=O)cn(C)c3c2F)C1. The number of anilines is 1. The zero-order chi connectivity index (χ0) is 19.0. The smallest absolute Gasteiger partial charge is 0.200 e. The molecule has 0 spiro atoms. The van der Waals surface area contributed by atoms with Crippen molar-refractivity contribution < 1.29 is 13.6 Å². The summed E-state index contributed by atoms with van der Waals surface area (Å²) in [6.07, 6.45) is 2.17. The van der Waals surface area contributed by atoms with Gasteiger partial charge in [-0.25, -0.2) is 8.78 Å². The molecule has 1 saturated heterocycles. The molecule has 1 aromatic carbocycles. The zero-order valence-electron chi connectivity index (χ0n) is 15.2. The van der Waals surface area contributed by atoms with E-state index in [1.807, 2.05) is 6.92 Å². The predicted molar refractivity (Wildman–Crippen MR) is 98.0 cm³/mol. The van der Waals surface area contributed by atoms with E-state index in [1.165, 1.54) is 17.7 Å². The monoisotopic (exact) mass is 363 g/mol. The molecule has 0 amide bonds. The van der Waals surface area contributed by atoms with Gasteiger partial charge in [0.25, 0.3) is 0 Å². The Bertz CT molecular complexity index is 923. The highest BCUT2D eigenvalue weighted by Gasteiger charge is 2.29. The highest BCUT2D eigenvalue weighted by atomic mass is 19.1. The van der Waals surface area contributed by atoms with Crippen molar-refractivity contribution in [2.45, 2.75) is 20.3 Å². The Hall–Kier alpha value is -2.28. The standard InChI is InChI=1S/C19H23F2N3O2/c1-4-22-8-12-5-6-24(9-12)18-15(20)7-13-17(16(18)21)23(3)10-14(11(2)25)19(13)26/h7,10,12,22H,4-6,8-9H2,1-3H3. The van der Waals surface area contributed by atoms with Crippen molar-refractivity contribution in [3.63, 3.8) is 0 Å². The number of halogens is 2. The van der Waals surface area contributed by atoms with Crippen LogP contribution in [0.2, 0.25) is 0 Å². The molecule has 0 bridgehead atoms. The first-order valence-corrected chi connectivity index (χ1v) is 8.83. The van der Waals surface area contributed by atoms with Crippen molar-refractivity contribution in [2.75, 3.05) is 31.1 Å². The number of carbonyl (C=O) groups is 1. The van der Waals surface area contributed by atoms with Gasteiger partial charge in [-0.1, -0.05) is 6.92 Å². The maximum Gasteiger partial charge on any atom is 0.200 e. The molecule has 0 radical (unpaired) electrons. The lowest BCUT2D eigenvalue weighted by Crippen LogP contribution is -2.27. The summed E-state index contributed by atoms with van der Waals surface area (Å²) in [5.41, 5.74) is -0.784. The molecule has 7 heteroatoms. The van der Waals surface area contributed by atoms with Gasteiger partial charge in [0.2, 0.25) is 0 Å². The molecular weight excluding hydrogens is 340 g/mol. The molecule has 2 aromatic rings. The van der Waals surface area contributed by atoms with Crippen molar-refractivity contribution in [1.29, 1.82) is 0 Å². The summed E-state index contributed by atoms with van der Waals surface area (Å²) < 4.78 is 31.3. The third kappa shape index (κ3) is 3.11. The van der Waals surface area contributed by atoms with Crippen LogP contribution in [0, 0.1) is 17.6 Å². The number of nitrogens with one attached hydrogen (secondary N) is 1. The first-order chi connectivity index (χ1) is 12.3. The summed E-state index contributed by atoms with van der Waals surface area (Å²) in [5.74, 6) is -1.62. The number of hydrogen-bond acceptors (Lipinski definition) is 4. The average molecular weight is 363 g/mol. The second kappa shape index (κ2) is 7.15. The largest absolute Gasteiger partial charge is 0.366 e. The van der Waals surface area contributed by atoms with Gasteiger partial charge in [0.15, 0.2) is 17.0 Å². The highest BCUT2D eigenvalue weighted by molar-refractivity contribution is 5.97. The Morgan fingerprint density at radius 2 is 2.12 bits per heavy atom. The number of ketones is 1. The van der Waals surface area contributed by atoms with Gasteiger partial charge in [-0.3, -0.25) is 9.59 Å². The molecular formula is C19H23F2N3O2. The Balaban J connectivity index is 2.09. The number of fused-ring (bicyclic) bond motifs is 1. The van der Waals surface area contributed by atoms with E-state index in [9.17, 15) is 14.0 Å². The fourth-order valence-corrected chi connectivity index (χ4v) is 3.67. The van der Waals surface area contributed by atoms with Gasteiger partial charge >= 0.3 is 0 Å². The summed E-state index contributed by atoms with van der Waals surface area (Å²) in [7, 11) is 1.55. The topological polar surface area (TPSA) is 54.3 Å². The number of aryl methyl sites for hydroxylation is 1. The van der Waals surface area contributed by atoms with Gasteiger partial charge in [-0.2, -0.15) is 0 Å². The zero-order valence-corrected chi connectivity index (χ0v) is 15.2. The lowest BCUT2D eigenvalue weighted by atomic mass is 10.1. The van der Waals surface area contributed by atoms with E-state index in [0.717, 1.165) is 25.6 Å². The molecule has 3 rings (SSSR count). The summed E-state index contributed by atoms with van der Waals surface area (Å²) in [6.45, 7) is 6.07. The third-order valence-electron chi connectivity index (χ3n) is 5.00. The van der Waals surface area contributed by atoms with Gasteiger partial charge in [0.05, 0.1) is 16.5 Å². The van der Waals surface area contributed by atoms with Crippen LogP contribution in [0.15, 0.2) is 17.1 Å². The second-order valence-electron chi connectivity index (χ2n) is 6.86. The summed E-state index contributed by atoms with van der Waals surface area (Å²) >= 11 is 0. The van der Waals surface area contributed by atoms with Crippen LogP contribution in [0.1, 0.15) is 30.6 Å². The van der Waals surface area contributed by atoms with Crippen LogP contribution in [-0.2, 0) is 7.05 Å². The van der Waals surface area contributed by atoms with Crippen LogP contribution in [-0.4, -0.2) is 36.5 Å². The molecule has 2 heterocycles. The first-order valence-electron chi connectivity index (χ1n) is 8.83. The minimum absolute atomic E-state index is 0.0199. The molecule has 1 aliphatic heterocycles. The van der Waals surface area contributed by atoms with E-state index in [4.69, 9.17) is 0 Å². The average Bonchev–Trinajstić information content (AvgIpc) is 3.03. The molecule has 1 fully saturated rings. The van der Waals surface area contributed by atoms with Crippen molar-refractivity contribution in [1.82, 2.24) is 9.88 Å². The van der Waals surface area contributed by atoms with E-state index < -0.39 is 22.8 Å². The molecule has 0 aliphatic carbocycles. The molecule has 1 aromatic heterocycles. The Labute approximate surface area is 150 Å². The third-order valence-corrected chi connectivity index (χ3v) is 5.00. The molecule has 0 saturated carbocycles. The molecule has 1 unspecified atom stereocenters. The van der Waals surface area contributed by atoms with Crippen molar-refractivity contribution >= 4 is 22.4 Å². The summed E-state index contributed by atoms with van der Waals surface area (Å²) in [4.78, 5) is 25.8. The van der Waals surface area contributed by atoms with Crippen LogP contribution in [0.4, 0.5) is 14.5 Å². The van der Waals surface area contributed by atoms with Gasteiger partial charge < -0.3 is 14.8 Å². The molecule has 26 heavy (non-hydrogen) atoms. The van der Waals surface area contributed by atoms with Crippen LogP contribution in [0.25, 0.3) is 10.9 Å². The van der Waals surface area contributed by atoms with E-state index >= 15 is 4.39 Å². The van der Waals surface area contributed by atoms with Gasteiger partial charge in [0.1, 0.15) is 11.5 Å². The Morgan fingerprint density at radius 3 is 2.77 bits per heavy atom. The highest BCUT2D eigenvalue weighted by Crippen LogP contribution is 2.33. The van der Waals surface area contributed by atoms with Gasteiger partial charge in [-0.05, 0) is 38.4 Å². The Kier molecular flexibility index (Phi) is 5.09. The van der Waals surface area contributed by atoms with Crippen LogP contribution < -0.4 is 15.6 Å². The lowest BCUT2D eigenvalue weighted by molar-refractivity contribution is 0.101. The van der Waals surface area contributed by atoms with E-state index in [2.05, 4.69) is 5.32 Å². The number of rotatable bonds is 5. The number of pyridine rings is 1. The Morgan fingerprint density at radius 1 is 1.38 bits per heavy atom. The van der Waals surface area contributed by atoms with Crippen LogP contribution >= 0.6 is 0 Å². The molecule has 5 nitrogen and oxygen atoms in total. The normalized spacial score (nSPS) is 17.3. The lowest BCUT2D eigenvalue weighted by Gasteiger charge is -2.22. The summed E-state index contributed by atoms with van der Waals surface area (Å²) in [5, 5.41) is 3.15. The predicted octanol–water partition coefficient (Wildman–Crippen LogP) is 2.46. The minimum atomic E-state index is -0.767. The number of benzene rings is 1. The fourth-order valence-electron chi connectivity index (χ4n) is 3.67. The summed E-state index contributed by atoms with van der Waals surface area (Å²) in [6, 6.07) is 1.06. The van der Waals surface area contributed by atoms with Crippen molar-refractivity contribution in [3.05, 3.63) is 39.7 Å². The van der Waals surface area contributed by atoms with Crippen molar-refractivity contribution in [2.24, 2.45) is 13.0 Å². The van der Waals surface area contributed by atoms with E-state index in [1.54, 1.807) is 11.9 Å². The number of aromatic nitrogens is 1. The first kappa shape index (κ1) is 18.5.